The fourth-order valence-corrected chi connectivity index (χ4v) is 8.14. The minimum absolute atomic E-state index is 0.0915. The Morgan fingerprint density at radius 2 is 1.68 bits per heavy atom. The van der Waals surface area contributed by atoms with Gasteiger partial charge in [-0.2, -0.15) is 4.31 Å². The minimum atomic E-state index is -3.53. The smallest absolute Gasteiger partial charge is 0.310 e. The monoisotopic (exact) mass is 429 g/mol. The quantitative estimate of drug-likeness (QED) is 0.467. The number of carbonyl (C=O) groups excluding carboxylic acids is 1. The Morgan fingerprint density at radius 3 is 2.14 bits per heavy atom. The summed E-state index contributed by atoms with van der Waals surface area (Å²) in [5, 5.41) is 0. The van der Waals surface area contributed by atoms with E-state index >= 15 is 0 Å². The summed E-state index contributed by atoms with van der Waals surface area (Å²) in [6.45, 7) is 6.73. The molecule has 1 aromatic carbocycles. The molecule has 1 fully saturated rings. The number of hydrogen-bond donors (Lipinski definition) is 0. The van der Waals surface area contributed by atoms with E-state index in [9.17, 15) is 13.2 Å². The third kappa shape index (κ3) is 5.27. The maximum Gasteiger partial charge on any atom is 0.310 e. The fourth-order valence-electron chi connectivity index (χ4n) is 3.43. The maximum atomic E-state index is 13.2. The Morgan fingerprint density at radius 1 is 1.11 bits per heavy atom. The second-order valence-corrected chi connectivity index (χ2v) is 15.9. The van der Waals surface area contributed by atoms with E-state index in [2.05, 4.69) is 19.6 Å². The standard InChI is InChI=1S/C19H31NO6SSi/c1-24-15-11-14(12-16(13-15)25-2)18-17(19(21)26-3)7-8-20(18)27(22,23)9-10-28(4,5)6/h11-13,17-18H,7-10H2,1-6H3/t17-,18+/m0/s1. The van der Waals surface area contributed by atoms with Gasteiger partial charge in [0.25, 0.3) is 0 Å². The van der Waals surface area contributed by atoms with Crippen LogP contribution in [0.3, 0.4) is 0 Å². The summed E-state index contributed by atoms with van der Waals surface area (Å²) in [4.78, 5) is 12.4. The molecule has 1 aromatic rings. The lowest BCUT2D eigenvalue weighted by atomic mass is 9.94. The molecule has 158 valence electrons. The van der Waals surface area contributed by atoms with E-state index in [1.54, 1.807) is 18.2 Å². The van der Waals surface area contributed by atoms with Gasteiger partial charge in [-0.1, -0.05) is 19.6 Å². The molecule has 0 aliphatic carbocycles. The summed E-state index contributed by atoms with van der Waals surface area (Å²) in [6.07, 6.45) is 0.420. The Hall–Kier alpha value is -1.58. The van der Waals surface area contributed by atoms with Crippen LogP contribution in [0.25, 0.3) is 0 Å². The lowest BCUT2D eigenvalue weighted by Gasteiger charge is -2.28. The lowest BCUT2D eigenvalue weighted by Crippen LogP contribution is -2.37. The highest BCUT2D eigenvalue weighted by molar-refractivity contribution is 7.89. The van der Waals surface area contributed by atoms with Gasteiger partial charge in [0.05, 0.1) is 39.0 Å². The average molecular weight is 430 g/mol. The van der Waals surface area contributed by atoms with Crippen molar-refractivity contribution in [3.63, 3.8) is 0 Å². The molecule has 0 N–H and O–H groups in total. The van der Waals surface area contributed by atoms with Crippen LogP contribution in [0, 0.1) is 5.92 Å². The largest absolute Gasteiger partial charge is 0.497 e. The van der Waals surface area contributed by atoms with Gasteiger partial charge in [0.15, 0.2) is 0 Å². The van der Waals surface area contributed by atoms with Crippen LogP contribution >= 0.6 is 0 Å². The number of methoxy groups -OCH3 is 3. The first-order valence-electron chi connectivity index (χ1n) is 9.32. The van der Waals surface area contributed by atoms with E-state index in [1.807, 2.05) is 0 Å². The van der Waals surface area contributed by atoms with Crippen molar-refractivity contribution in [3.8, 4) is 11.5 Å². The van der Waals surface area contributed by atoms with Crippen LogP contribution < -0.4 is 9.47 Å². The highest BCUT2D eigenvalue weighted by atomic mass is 32.2. The van der Waals surface area contributed by atoms with E-state index in [4.69, 9.17) is 14.2 Å². The number of sulfonamides is 1. The molecule has 0 amide bonds. The second-order valence-electron chi connectivity index (χ2n) is 8.25. The summed E-state index contributed by atoms with van der Waals surface area (Å²) in [5.41, 5.74) is 0.667. The molecule has 9 heteroatoms. The normalized spacial score (nSPS) is 20.8. The highest BCUT2D eigenvalue weighted by Gasteiger charge is 2.46. The van der Waals surface area contributed by atoms with Crippen molar-refractivity contribution in [1.29, 1.82) is 0 Å². The minimum Gasteiger partial charge on any atom is -0.497 e. The summed E-state index contributed by atoms with van der Waals surface area (Å²) >= 11 is 0. The van der Waals surface area contributed by atoms with Crippen LogP contribution in [0.2, 0.25) is 25.7 Å². The summed E-state index contributed by atoms with van der Waals surface area (Å²) in [5.74, 6) is 0.209. The van der Waals surface area contributed by atoms with Crippen LogP contribution in [0.1, 0.15) is 18.0 Å². The van der Waals surface area contributed by atoms with Gasteiger partial charge in [-0.15, -0.1) is 0 Å². The first-order valence-corrected chi connectivity index (χ1v) is 14.6. The molecule has 0 aromatic heterocycles. The predicted octanol–water partition coefficient (Wildman–Crippen LogP) is 2.91. The number of ether oxygens (including phenoxy) is 3. The first-order chi connectivity index (χ1) is 13.0. The van der Waals surface area contributed by atoms with E-state index < -0.39 is 36.0 Å². The fraction of sp³-hybridized carbons (Fsp3) is 0.632. The van der Waals surface area contributed by atoms with E-state index in [-0.39, 0.29) is 12.3 Å². The number of carbonyl (C=O) groups is 1. The molecular weight excluding hydrogens is 398 g/mol. The van der Waals surface area contributed by atoms with Gasteiger partial charge < -0.3 is 14.2 Å². The van der Waals surface area contributed by atoms with Gasteiger partial charge >= 0.3 is 5.97 Å². The van der Waals surface area contributed by atoms with Crippen molar-refractivity contribution in [2.45, 2.75) is 38.1 Å². The van der Waals surface area contributed by atoms with E-state index in [0.717, 1.165) is 0 Å². The maximum absolute atomic E-state index is 13.2. The van der Waals surface area contributed by atoms with Gasteiger partial charge in [-0.3, -0.25) is 4.79 Å². The molecule has 1 heterocycles. The molecule has 1 aliphatic heterocycles. The third-order valence-corrected chi connectivity index (χ3v) is 9.00. The average Bonchev–Trinajstić information content (AvgIpc) is 3.11. The van der Waals surface area contributed by atoms with Crippen LogP contribution in [-0.4, -0.2) is 60.4 Å². The second kappa shape index (κ2) is 8.83. The Balaban J connectivity index is 2.48. The van der Waals surface area contributed by atoms with Crippen molar-refractivity contribution >= 4 is 24.1 Å². The molecule has 1 aliphatic rings. The third-order valence-electron chi connectivity index (χ3n) is 5.04. The molecule has 0 bridgehead atoms. The Bertz CT molecular complexity index is 783. The van der Waals surface area contributed by atoms with Crippen molar-refractivity contribution in [1.82, 2.24) is 4.31 Å². The zero-order valence-corrected chi connectivity index (χ0v) is 19.3. The Labute approximate surface area is 169 Å². The molecule has 2 atom stereocenters. The predicted molar refractivity (Wildman–Crippen MR) is 111 cm³/mol. The molecule has 7 nitrogen and oxygen atoms in total. The zero-order valence-electron chi connectivity index (χ0n) is 17.5. The van der Waals surface area contributed by atoms with E-state index in [0.29, 0.717) is 29.5 Å². The molecular formula is C19H31NO6SSi. The highest BCUT2D eigenvalue weighted by Crippen LogP contribution is 2.42. The molecule has 0 spiro atoms. The summed E-state index contributed by atoms with van der Waals surface area (Å²) < 4.78 is 43.4. The Kier molecular flexibility index (Phi) is 7.16. The molecule has 28 heavy (non-hydrogen) atoms. The number of nitrogens with zero attached hydrogens (tertiary/aromatic N) is 1. The lowest BCUT2D eigenvalue weighted by molar-refractivity contribution is -0.146. The number of rotatable bonds is 8. The summed E-state index contributed by atoms with van der Waals surface area (Å²) in [6, 6.07) is 5.27. The molecule has 0 radical (unpaired) electrons. The number of hydrogen-bond acceptors (Lipinski definition) is 6. The molecule has 1 saturated heterocycles. The SMILES string of the molecule is COC(=O)[C@H]1CCN(S(=O)(=O)CC[Si](C)(C)C)[C@@H]1c1cc(OC)cc(OC)c1. The molecule has 0 unspecified atom stereocenters. The number of esters is 1. The van der Waals surface area contributed by atoms with Crippen molar-refractivity contribution in [3.05, 3.63) is 23.8 Å². The van der Waals surface area contributed by atoms with Crippen molar-refractivity contribution < 1.29 is 27.4 Å². The topological polar surface area (TPSA) is 82.1 Å². The zero-order chi connectivity index (χ0) is 21.1. The molecule has 2 rings (SSSR count). The van der Waals surface area contributed by atoms with Crippen LogP contribution in [0.4, 0.5) is 0 Å². The van der Waals surface area contributed by atoms with Gasteiger partial charge in [0, 0.05) is 20.7 Å². The molecule has 0 saturated carbocycles. The van der Waals surface area contributed by atoms with Crippen LogP contribution in [-0.2, 0) is 19.6 Å². The van der Waals surface area contributed by atoms with Crippen LogP contribution in [0.15, 0.2) is 18.2 Å². The van der Waals surface area contributed by atoms with Gasteiger partial charge in [0.1, 0.15) is 11.5 Å². The van der Waals surface area contributed by atoms with Gasteiger partial charge in [-0.05, 0) is 30.2 Å². The summed E-state index contributed by atoms with van der Waals surface area (Å²) in [7, 11) is -0.660. The van der Waals surface area contributed by atoms with E-state index in [1.165, 1.54) is 25.6 Å². The number of benzene rings is 1. The van der Waals surface area contributed by atoms with Crippen molar-refractivity contribution in [2.24, 2.45) is 5.92 Å². The van der Waals surface area contributed by atoms with Crippen molar-refractivity contribution in [2.75, 3.05) is 33.6 Å². The van der Waals surface area contributed by atoms with Gasteiger partial charge in [-0.25, -0.2) is 8.42 Å². The van der Waals surface area contributed by atoms with Gasteiger partial charge in [0.2, 0.25) is 10.0 Å². The first kappa shape index (κ1) is 22.7. The van der Waals surface area contributed by atoms with Crippen LogP contribution in [0.5, 0.6) is 11.5 Å².